The molecule has 80 heavy (non-hydrogen) atoms. The van der Waals surface area contributed by atoms with E-state index in [9.17, 15) is 9.59 Å². The van der Waals surface area contributed by atoms with Gasteiger partial charge in [-0.2, -0.15) is 0 Å². The average Bonchev–Trinajstić information content (AvgIpc) is 3.47. The van der Waals surface area contributed by atoms with Crippen LogP contribution in [0.5, 0.6) is 0 Å². The van der Waals surface area contributed by atoms with Gasteiger partial charge in [0.2, 0.25) is 0 Å². The largest absolute Gasteiger partial charge is 0.481 e. The second-order valence-corrected chi connectivity index (χ2v) is 19.7. The van der Waals surface area contributed by atoms with Crippen molar-refractivity contribution in [3.63, 3.8) is 0 Å². The van der Waals surface area contributed by atoms with Crippen LogP contribution in [0.1, 0.15) is 219 Å². The van der Waals surface area contributed by atoms with Gasteiger partial charge >= 0.3 is 11.9 Å². The number of aliphatic hydroxyl groups excluding tert-OH is 20. The molecule has 0 unspecified atom stereocenters. The Balaban J connectivity index is -0.000000163. The summed E-state index contributed by atoms with van der Waals surface area (Å²) >= 11 is 0. The Labute approximate surface area is 479 Å². The molecule has 490 valence electrons. The van der Waals surface area contributed by atoms with Gasteiger partial charge in [0, 0.05) is 12.8 Å². The number of carbonyl (C=O) groups is 2. The Morgan fingerprint density at radius 1 is 0.212 bits per heavy atom. The van der Waals surface area contributed by atoms with E-state index in [0.29, 0.717) is 12.8 Å². The van der Waals surface area contributed by atoms with E-state index < -0.39 is 139 Å². The molecule has 0 fully saturated rings. The molecule has 0 bridgehead atoms. The molecule has 0 saturated carbocycles. The summed E-state index contributed by atoms with van der Waals surface area (Å²) in [5, 5.41) is 183. The summed E-state index contributed by atoms with van der Waals surface area (Å²) in [4.78, 5) is 20.7. The molecular weight excluding hydrogens is 1060 g/mol. The maximum absolute atomic E-state index is 10.3. The maximum Gasteiger partial charge on any atom is 0.303 e. The summed E-state index contributed by atoms with van der Waals surface area (Å²) in [6.07, 6.45) is 28.2. The second kappa shape index (κ2) is 77.1. The number of carboxylic acids is 2. The van der Waals surface area contributed by atoms with E-state index in [-0.39, 0.29) is 0 Å². The zero-order valence-corrected chi connectivity index (χ0v) is 49.1. The third kappa shape index (κ3) is 82.6. The standard InChI is InChI=1S/2C18H36O2.5C4H10O4/c2*1-2-3-4-5-6-7-8-9-10-11-12-13-14-15-16-17-18(19)20;5*5-1-3(7)4(8)2-6/h2*2-17H2,1H3,(H,19,20);5*3-8H,1-2H2/t;;5*3-,4+. The molecule has 0 radical (unpaired) electrons. The molecule has 22 N–H and O–H groups in total. The van der Waals surface area contributed by atoms with E-state index in [1.54, 1.807) is 0 Å². The third-order valence-electron chi connectivity index (χ3n) is 12.1. The number of carboxylic acid groups (broad SMARTS) is 2. The summed E-state index contributed by atoms with van der Waals surface area (Å²) in [6.45, 7) is -0.721. The number of aliphatic hydroxyl groups is 20. The van der Waals surface area contributed by atoms with Crippen LogP contribution >= 0.6 is 0 Å². The van der Waals surface area contributed by atoms with Crippen LogP contribution in [0.15, 0.2) is 0 Å². The first-order chi connectivity index (χ1) is 38.1. The summed E-state index contributed by atoms with van der Waals surface area (Å²) < 4.78 is 0. The predicted molar refractivity (Wildman–Crippen MR) is 305 cm³/mol. The van der Waals surface area contributed by atoms with Crippen molar-refractivity contribution in [3.8, 4) is 0 Å². The molecule has 24 heteroatoms. The van der Waals surface area contributed by atoms with Gasteiger partial charge in [-0.15, -0.1) is 0 Å². The van der Waals surface area contributed by atoms with Crippen LogP contribution in [-0.2, 0) is 9.59 Å². The Kier molecular flexibility index (Phi) is 88.6. The van der Waals surface area contributed by atoms with Crippen molar-refractivity contribution in [2.75, 3.05) is 66.1 Å². The van der Waals surface area contributed by atoms with Crippen molar-refractivity contribution >= 4 is 11.9 Å². The van der Waals surface area contributed by atoms with Crippen LogP contribution in [0, 0.1) is 0 Å². The van der Waals surface area contributed by atoms with Gasteiger partial charge in [-0.1, -0.05) is 194 Å². The Bertz CT molecular complexity index is 960. The lowest BCUT2D eigenvalue weighted by atomic mass is 10.0. The van der Waals surface area contributed by atoms with Gasteiger partial charge in [0.1, 0.15) is 61.0 Å². The first-order valence-electron chi connectivity index (χ1n) is 29.5. The smallest absolute Gasteiger partial charge is 0.303 e. The second-order valence-electron chi connectivity index (χ2n) is 19.7. The topological polar surface area (TPSA) is 479 Å². The van der Waals surface area contributed by atoms with Gasteiger partial charge in [0.05, 0.1) is 66.1 Å². The molecule has 0 heterocycles. The van der Waals surface area contributed by atoms with Crippen LogP contribution in [0.25, 0.3) is 0 Å². The minimum absolute atomic E-state index is 0.345. The molecule has 0 aromatic rings. The summed E-state index contributed by atoms with van der Waals surface area (Å²) in [6, 6.07) is 0. The van der Waals surface area contributed by atoms with E-state index in [1.165, 1.54) is 167 Å². The highest BCUT2D eigenvalue weighted by atomic mass is 16.4. The molecular formula is C56H122O24. The molecule has 0 aliphatic heterocycles. The lowest BCUT2D eigenvalue weighted by Crippen LogP contribution is -2.31. The number of rotatable bonds is 47. The fraction of sp³-hybridized carbons (Fsp3) is 0.964. The van der Waals surface area contributed by atoms with Crippen molar-refractivity contribution in [1.29, 1.82) is 0 Å². The van der Waals surface area contributed by atoms with Gasteiger partial charge < -0.3 is 112 Å². The minimum Gasteiger partial charge on any atom is -0.481 e. The molecule has 10 atom stereocenters. The van der Waals surface area contributed by atoms with Crippen molar-refractivity contribution in [2.24, 2.45) is 0 Å². The Morgan fingerprint density at radius 3 is 0.400 bits per heavy atom. The molecule has 0 aliphatic carbocycles. The van der Waals surface area contributed by atoms with Gasteiger partial charge in [-0.05, 0) is 12.8 Å². The van der Waals surface area contributed by atoms with Crippen molar-refractivity contribution in [3.05, 3.63) is 0 Å². The highest BCUT2D eigenvalue weighted by molar-refractivity contribution is 5.66. The van der Waals surface area contributed by atoms with E-state index in [1.807, 2.05) is 0 Å². The highest BCUT2D eigenvalue weighted by Gasteiger charge is 2.15. The van der Waals surface area contributed by atoms with Gasteiger partial charge in [-0.25, -0.2) is 0 Å². The van der Waals surface area contributed by atoms with Crippen LogP contribution in [0.2, 0.25) is 0 Å². The molecule has 0 aliphatic rings. The number of hydrogen-bond acceptors (Lipinski definition) is 22. The summed E-state index contributed by atoms with van der Waals surface area (Å²) in [5.74, 6) is -1.31. The van der Waals surface area contributed by atoms with Crippen LogP contribution in [0.3, 0.4) is 0 Å². The number of hydrogen-bond donors (Lipinski definition) is 22. The van der Waals surface area contributed by atoms with E-state index in [4.69, 9.17) is 112 Å². The fourth-order valence-electron chi connectivity index (χ4n) is 6.51. The molecule has 0 saturated heterocycles. The molecule has 0 aromatic carbocycles. The fourth-order valence-corrected chi connectivity index (χ4v) is 6.51. The molecule has 24 nitrogen and oxygen atoms in total. The van der Waals surface area contributed by atoms with Crippen molar-refractivity contribution in [1.82, 2.24) is 0 Å². The minimum atomic E-state index is -1.22. The molecule has 0 amide bonds. The van der Waals surface area contributed by atoms with Gasteiger partial charge in [0.25, 0.3) is 0 Å². The van der Waals surface area contributed by atoms with E-state index >= 15 is 0 Å². The molecule has 0 rings (SSSR count). The van der Waals surface area contributed by atoms with Crippen molar-refractivity contribution < 1.29 is 122 Å². The van der Waals surface area contributed by atoms with Crippen molar-refractivity contribution in [2.45, 2.75) is 280 Å². The SMILES string of the molecule is CCCCCCCCCCCCCCCCCC(=O)O.CCCCCCCCCCCCCCCCCC(=O)O.OC[C@@H](O)[C@@H](O)CO.OC[C@@H](O)[C@@H](O)CO.OC[C@@H](O)[C@@H](O)CO.OC[C@@H](O)[C@@H](O)CO.OC[C@@H](O)[C@@H](O)CO. The quantitative estimate of drug-likeness (QED) is 0.0380. The normalized spacial score (nSPS) is 14.4. The monoisotopic (exact) mass is 1180 g/mol. The highest BCUT2D eigenvalue weighted by Crippen LogP contribution is 2.15. The van der Waals surface area contributed by atoms with Gasteiger partial charge in [-0.3, -0.25) is 9.59 Å². The number of unbranched alkanes of at least 4 members (excludes halogenated alkanes) is 28. The first-order valence-corrected chi connectivity index (χ1v) is 29.5. The average molecular weight is 1180 g/mol. The third-order valence-corrected chi connectivity index (χ3v) is 12.1. The van der Waals surface area contributed by atoms with E-state index in [0.717, 1.165) is 25.7 Å². The number of aliphatic carboxylic acids is 2. The van der Waals surface area contributed by atoms with Crippen LogP contribution in [0.4, 0.5) is 0 Å². The maximum atomic E-state index is 10.3. The lowest BCUT2D eigenvalue weighted by molar-refractivity contribution is -0.138. The van der Waals surface area contributed by atoms with Gasteiger partial charge in [0.15, 0.2) is 0 Å². The Hall–Kier alpha value is -1.86. The lowest BCUT2D eigenvalue weighted by Gasteiger charge is -2.10. The predicted octanol–water partition coefficient (Wildman–Crippen LogP) is 1.13. The van der Waals surface area contributed by atoms with E-state index in [2.05, 4.69) is 13.8 Å². The zero-order chi connectivity index (χ0) is 62.6. The first kappa shape index (κ1) is 91.9. The summed E-state index contributed by atoms with van der Waals surface area (Å²) in [7, 11) is 0. The Morgan fingerprint density at radius 2 is 0.312 bits per heavy atom. The summed E-state index contributed by atoms with van der Waals surface area (Å²) in [5.41, 5.74) is 0. The molecule has 0 spiro atoms. The van der Waals surface area contributed by atoms with Crippen LogP contribution in [-0.4, -0.2) is 251 Å². The van der Waals surface area contributed by atoms with Crippen LogP contribution < -0.4 is 0 Å². The molecule has 0 aromatic heterocycles. The zero-order valence-electron chi connectivity index (χ0n) is 49.1.